The van der Waals surface area contributed by atoms with Crippen molar-refractivity contribution in [1.82, 2.24) is 9.97 Å². The van der Waals surface area contributed by atoms with E-state index in [4.69, 9.17) is 10.7 Å². The number of nitrogens with two attached hydrogens (primary N) is 1. The molecule has 3 rings (SSSR count). The van der Waals surface area contributed by atoms with Crippen LogP contribution in [0.1, 0.15) is 35.5 Å². The highest BCUT2D eigenvalue weighted by Gasteiger charge is 2.16. The number of hydrogen-bond donors (Lipinski definition) is 1. The summed E-state index contributed by atoms with van der Waals surface area (Å²) in [5.74, 6) is 2.33. The summed E-state index contributed by atoms with van der Waals surface area (Å²) < 4.78 is 0. The van der Waals surface area contributed by atoms with Gasteiger partial charge < -0.3 is 5.73 Å². The third-order valence-electron chi connectivity index (χ3n) is 3.71. The number of hydrogen-bond acceptors (Lipinski definition) is 4. The van der Waals surface area contributed by atoms with Crippen LogP contribution in [0.5, 0.6) is 0 Å². The number of rotatable bonds is 3. The summed E-state index contributed by atoms with van der Waals surface area (Å²) in [7, 11) is 0. The fraction of sp³-hybridized carbons (Fsp3) is 0.375. The Morgan fingerprint density at radius 2 is 1.95 bits per heavy atom. The summed E-state index contributed by atoms with van der Waals surface area (Å²) in [5.41, 5.74) is 9.73. The van der Waals surface area contributed by atoms with E-state index in [0.29, 0.717) is 5.82 Å². The minimum absolute atomic E-state index is 0.690. The summed E-state index contributed by atoms with van der Waals surface area (Å²) in [6, 6.07) is 8.40. The molecular weight excluding hydrogens is 266 g/mol. The monoisotopic (exact) mass is 285 g/mol. The summed E-state index contributed by atoms with van der Waals surface area (Å²) in [6.45, 7) is 2.13. The zero-order valence-electron chi connectivity index (χ0n) is 11.7. The van der Waals surface area contributed by atoms with E-state index in [-0.39, 0.29) is 0 Å². The van der Waals surface area contributed by atoms with Crippen molar-refractivity contribution >= 4 is 17.6 Å². The van der Waals surface area contributed by atoms with Gasteiger partial charge >= 0.3 is 0 Å². The van der Waals surface area contributed by atoms with Crippen molar-refractivity contribution in [2.24, 2.45) is 0 Å². The Morgan fingerprint density at radius 3 is 2.80 bits per heavy atom. The van der Waals surface area contributed by atoms with Crippen LogP contribution in [0.15, 0.2) is 29.2 Å². The van der Waals surface area contributed by atoms with Gasteiger partial charge in [-0.3, -0.25) is 0 Å². The van der Waals surface area contributed by atoms with Crippen molar-refractivity contribution in [3.05, 3.63) is 46.9 Å². The minimum atomic E-state index is 0.690. The second kappa shape index (κ2) is 5.83. The van der Waals surface area contributed by atoms with Gasteiger partial charge in [0, 0.05) is 16.2 Å². The third kappa shape index (κ3) is 2.80. The van der Waals surface area contributed by atoms with Crippen molar-refractivity contribution in [1.29, 1.82) is 0 Å². The Labute approximate surface area is 124 Å². The molecule has 1 aromatic heterocycles. The molecule has 4 heteroatoms. The maximum absolute atomic E-state index is 6.08. The summed E-state index contributed by atoms with van der Waals surface area (Å²) in [4.78, 5) is 10.5. The van der Waals surface area contributed by atoms with Crippen LogP contribution in [0.4, 0.5) is 5.82 Å². The Kier molecular flexibility index (Phi) is 3.92. The molecule has 0 bridgehead atoms. The first kappa shape index (κ1) is 13.4. The lowest BCUT2D eigenvalue weighted by Crippen LogP contribution is -2.12. The number of aryl methyl sites for hydroxylation is 2. The van der Waals surface area contributed by atoms with Crippen LogP contribution >= 0.6 is 11.8 Å². The number of aromatic nitrogens is 2. The molecule has 20 heavy (non-hydrogen) atoms. The van der Waals surface area contributed by atoms with Crippen LogP contribution in [0.2, 0.25) is 0 Å². The van der Waals surface area contributed by atoms with Crippen LogP contribution < -0.4 is 5.73 Å². The van der Waals surface area contributed by atoms with Crippen LogP contribution in [-0.4, -0.2) is 9.97 Å². The normalized spacial score (nSPS) is 14.1. The number of anilines is 1. The van der Waals surface area contributed by atoms with Crippen LogP contribution in [0.3, 0.4) is 0 Å². The molecule has 0 radical (unpaired) electrons. The molecule has 0 aliphatic heterocycles. The van der Waals surface area contributed by atoms with E-state index in [9.17, 15) is 0 Å². The van der Waals surface area contributed by atoms with E-state index in [1.807, 2.05) is 0 Å². The zero-order chi connectivity index (χ0) is 13.9. The first-order chi connectivity index (χ1) is 9.74. The van der Waals surface area contributed by atoms with E-state index < -0.39 is 0 Å². The quantitative estimate of drug-likeness (QED) is 0.876. The van der Waals surface area contributed by atoms with Gasteiger partial charge in [0.2, 0.25) is 0 Å². The second-order valence-electron chi connectivity index (χ2n) is 5.21. The molecule has 0 unspecified atom stereocenters. The lowest BCUT2D eigenvalue weighted by Gasteiger charge is -2.17. The summed E-state index contributed by atoms with van der Waals surface area (Å²) in [6.07, 6.45) is 4.50. The molecule has 1 aliphatic carbocycles. The van der Waals surface area contributed by atoms with Gasteiger partial charge in [-0.2, -0.15) is 0 Å². The second-order valence-corrected chi connectivity index (χ2v) is 6.23. The van der Waals surface area contributed by atoms with Gasteiger partial charge in [-0.05, 0) is 44.2 Å². The predicted molar refractivity (Wildman–Crippen MR) is 83.8 cm³/mol. The Hall–Kier alpha value is -1.55. The highest BCUT2D eigenvalue weighted by Crippen LogP contribution is 2.27. The maximum Gasteiger partial charge on any atom is 0.141 e. The first-order valence-corrected chi connectivity index (χ1v) is 8.05. The number of thioether (sulfide) groups is 1. The molecule has 1 heterocycles. The highest BCUT2D eigenvalue weighted by atomic mass is 32.2. The number of fused-ring (bicyclic) bond motifs is 1. The average Bonchev–Trinajstić information content (AvgIpc) is 2.46. The molecule has 0 fully saturated rings. The third-order valence-corrected chi connectivity index (χ3v) is 4.88. The maximum atomic E-state index is 6.08. The molecular formula is C16H19N3S. The molecule has 0 atom stereocenters. The van der Waals surface area contributed by atoms with Crippen molar-refractivity contribution in [2.75, 3.05) is 5.73 Å². The predicted octanol–water partition coefficient (Wildman–Crippen LogP) is 3.54. The Bertz CT molecular complexity index is 625. The lowest BCUT2D eigenvalue weighted by atomic mass is 9.96. The SMILES string of the molecule is Cc1ccccc1SCc1nc(N)c2c(n1)CCCC2. The molecule has 2 aromatic rings. The molecule has 0 saturated carbocycles. The van der Waals surface area contributed by atoms with E-state index in [1.54, 1.807) is 11.8 Å². The number of benzene rings is 1. The van der Waals surface area contributed by atoms with Crippen molar-refractivity contribution in [3.8, 4) is 0 Å². The minimum Gasteiger partial charge on any atom is -0.383 e. The lowest BCUT2D eigenvalue weighted by molar-refractivity contribution is 0.660. The van der Waals surface area contributed by atoms with Gasteiger partial charge in [-0.25, -0.2) is 9.97 Å². The Morgan fingerprint density at radius 1 is 1.15 bits per heavy atom. The zero-order valence-corrected chi connectivity index (χ0v) is 12.5. The summed E-state index contributed by atoms with van der Waals surface area (Å²) >= 11 is 1.78. The van der Waals surface area contributed by atoms with Gasteiger partial charge in [0.25, 0.3) is 0 Å². The molecule has 1 aliphatic rings. The first-order valence-electron chi connectivity index (χ1n) is 7.06. The van der Waals surface area contributed by atoms with Crippen LogP contribution in [-0.2, 0) is 18.6 Å². The van der Waals surface area contributed by atoms with Gasteiger partial charge in [0.05, 0.1) is 5.75 Å². The van der Waals surface area contributed by atoms with Crippen LogP contribution in [0.25, 0.3) is 0 Å². The standard InChI is InChI=1S/C16H19N3S/c1-11-6-2-5-9-14(11)20-10-15-18-13-8-4-3-7-12(13)16(17)19-15/h2,5-6,9H,3-4,7-8,10H2,1H3,(H2,17,18,19). The van der Waals surface area contributed by atoms with Crippen molar-refractivity contribution in [2.45, 2.75) is 43.3 Å². The molecule has 0 amide bonds. The molecule has 1 aromatic carbocycles. The molecule has 0 saturated heterocycles. The number of nitrogens with zero attached hydrogens (tertiary/aromatic N) is 2. The highest BCUT2D eigenvalue weighted by molar-refractivity contribution is 7.98. The fourth-order valence-electron chi connectivity index (χ4n) is 2.60. The molecule has 3 nitrogen and oxygen atoms in total. The Balaban J connectivity index is 1.78. The van der Waals surface area contributed by atoms with Crippen molar-refractivity contribution < 1.29 is 0 Å². The van der Waals surface area contributed by atoms with Gasteiger partial charge in [-0.15, -0.1) is 11.8 Å². The molecule has 104 valence electrons. The van der Waals surface area contributed by atoms with E-state index in [1.165, 1.54) is 34.6 Å². The topological polar surface area (TPSA) is 51.8 Å². The number of nitrogen functional groups attached to an aromatic ring is 1. The average molecular weight is 285 g/mol. The van der Waals surface area contributed by atoms with Crippen molar-refractivity contribution in [3.63, 3.8) is 0 Å². The van der Waals surface area contributed by atoms with E-state index in [0.717, 1.165) is 24.4 Å². The van der Waals surface area contributed by atoms with E-state index in [2.05, 4.69) is 36.2 Å². The van der Waals surface area contributed by atoms with Gasteiger partial charge in [0.15, 0.2) is 0 Å². The van der Waals surface area contributed by atoms with Gasteiger partial charge in [-0.1, -0.05) is 18.2 Å². The molecule has 2 N–H and O–H groups in total. The van der Waals surface area contributed by atoms with Crippen LogP contribution in [0, 0.1) is 6.92 Å². The fourth-order valence-corrected chi connectivity index (χ4v) is 3.49. The molecule has 0 spiro atoms. The largest absolute Gasteiger partial charge is 0.383 e. The van der Waals surface area contributed by atoms with E-state index >= 15 is 0 Å². The smallest absolute Gasteiger partial charge is 0.141 e. The summed E-state index contributed by atoms with van der Waals surface area (Å²) in [5, 5.41) is 0. The van der Waals surface area contributed by atoms with Gasteiger partial charge in [0.1, 0.15) is 11.6 Å².